The Morgan fingerprint density at radius 2 is 0.966 bits per heavy atom. The van der Waals surface area contributed by atoms with Crippen molar-refractivity contribution in [1.82, 2.24) is 0 Å². The predicted molar refractivity (Wildman–Crippen MR) is 243 cm³/mol. The fourth-order valence-corrected chi connectivity index (χ4v) is 6.35. The molecule has 0 radical (unpaired) electrons. The molecule has 0 aromatic rings. The van der Waals surface area contributed by atoms with Crippen molar-refractivity contribution in [1.29, 1.82) is 0 Å². The molecule has 0 saturated carbocycles. The third-order valence-electron chi connectivity index (χ3n) is 9.88. The van der Waals surface area contributed by atoms with Crippen LogP contribution in [0.4, 0.5) is 0 Å². The molecule has 0 aliphatic carbocycles. The van der Waals surface area contributed by atoms with Gasteiger partial charge < -0.3 is 23.8 Å². The molecule has 0 rings (SSSR count). The number of aliphatic carboxylic acids is 1. The molecule has 0 fully saturated rings. The lowest BCUT2D eigenvalue weighted by molar-refractivity contribution is -0.887. The number of unbranched alkanes of at least 4 members (excludes halogenated alkanes) is 14. The number of quaternary nitrogens is 1. The van der Waals surface area contributed by atoms with Gasteiger partial charge in [-0.2, -0.15) is 0 Å². The Morgan fingerprint density at radius 1 is 0.534 bits per heavy atom. The van der Waals surface area contributed by atoms with E-state index in [1.165, 1.54) is 77.0 Å². The van der Waals surface area contributed by atoms with E-state index < -0.39 is 18.1 Å². The Balaban J connectivity index is 4.46. The Hall–Kier alpha value is -3.23. The lowest BCUT2D eigenvalue weighted by Gasteiger charge is -2.31. The summed E-state index contributed by atoms with van der Waals surface area (Å²) < 4.78 is 17.2. The van der Waals surface area contributed by atoms with E-state index in [4.69, 9.17) is 14.2 Å². The molecule has 0 aliphatic heterocycles. The first-order valence-corrected chi connectivity index (χ1v) is 23.0. The van der Waals surface area contributed by atoms with Crippen LogP contribution in [0.25, 0.3) is 0 Å². The summed E-state index contributed by atoms with van der Waals surface area (Å²) in [6.07, 6.45) is 51.0. The van der Waals surface area contributed by atoms with Crippen LogP contribution in [0.1, 0.15) is 174 Å². The molecule has 0 aromatic carbocycles. The Labute approximate surface area is 355 Å². The zero-order valence-corrected chi connectivity index (χ0v) is 37.7. The zero-order chi connectivity index (χ0) is 42.8. The molecule has 0 spiro atoms. The third kappa shape index (κ3) is 38.3. The predicted octanol–water partition coefficient (Wildman–Crippen LogP) is 12.7. The van der Waals surface area contributed by atoms with Crippen molar-refractivity contribution in [2.24, 2.45) is 0 Å². The smallest absolute Gasteiger partial charge is 0.362 e. The number of carbonyl (C=O) groups is 3. The van der Waals surface area contributed by atoms with Gasteiger partial charge in [0.1, 0.15) is 6.61 Å². The topological polar surface area (TPSA) is 99.1 Å². The maximum atomic E-state index is 12.7. The van der Waals surface area contributed by atoms with E-state index in [0.29, 0.717) is 19.3 Å². The highest BCUT2D eigenvalue weighted by Gasteiger charge is 2.31. The number of carbonyl (C=O) groups excluding carboxylic acids is 2. The second-order valence-electron chi connectivity index (χ2n) is 16.3. The van der Waals surface area contributed by atoms with Gasteiger partial charge in [-0.1, -0.05) is 177 Å². The van der Waals surface area contributed by atoms with Crippen molar-refractivity contribution >= 4 is 17.9 Å². The van der Waals surface area contributed by atoms with Gasteiger partial charge in [0.2, 0.25) is 0 Å². The molecule has 58 heavy (non-hydrogen) atoms. The van der Waals surface area contributed by atoms with E-state index >= 15 is 0 Å². The summed E-state index contributed by atoms with van der Waals surface area (Å²) in [6, 6.07) is -0.630. The molecular weight excluding hydrogens is 727 g/mol. The summed E-state index contributed by atoms with van der Waals surface area (Å²) in [4.78, 5) is 37.0. The lowest BCUT2D eigenvalue weighted by Crippen LogP contribution is -2.50. The van der Waals surface area contributed by atoms with Gasteiger partial charge in [-0.05, 0) is 51.4 Å². The lowest BCUT2D eigenvalue weighted by atomic mass is 10.0. The molecule has 2 atom stereocenters. The van der Waals surface area contributed by atoms with Crippen molar-refractivity contribution in [2.45, 2.75) is 187 Å². The van der Waals surface area contributed by atoms with Gasteiger partial charge in [-0.15, -0.1) is 0 Å². The first-order valence-electron chi connectivity index (χ1n) is 23.0. The second-order valence-corrected chi connectivity index (χ2v) is 16.3. The summed E-state index contributed by atoms with van der Waals surface area (Å²) in [5.41, 5.74) is 0. The molecule has 0 heterocycles. The molecular formula is C50H86NO7+. The van der Waals surface area contributed by atoms with Gasteiger partial charge in [-0.25, -0.2) is 4.79 Å². The van der Waals surface area contributed by atoms with Crippen molar-refractivity contribution in [2.75, 3.05) is 41.0 Å². The Kier molecular flexibility index (Phi) is 38.3. The van der Waals surface area contributed by atoms with Crippen LogP contribution < -0.4 is 0 Å². The minimum atomic E-state index is -0.888. The van der Waals surface area contributed by atoms with E-state index in [9.17, 15) is 19.5 Å². The number of allylic oxidation sites excluding steroid dienone is 12. The Bertz CT molecular complexity index is 1180. The van der Waals surface area contributed by atoms with Crippen LogP contribution >= 0.6 is 0 Å². The SMILES string of the molecule is CC/C=C/C/C=C/C/C=C/C/C=C/C/C=C/C/C=C/CCC(=O)OC(COCCC(C(=O)O)[N+](C)(C)C)COC(=O)CCCCCCCCCCCCCCCCC. The molecule has 0 bridgehead atoms. The fraction of sp³-hybridized carbons (Fsp3) is 0.700. The molecule has 332 valence electrons. The van der Waals surface area contributed by atoms with Crippen molar-refractivity contribution in [3.8, 4) is 0 Å². The number of carboxylic acid groups (broad SMARTS) is 1. The summed E-state index contributed by atoms with van der Waals surface area (Å²) in [7, 11) is 5.50. The molecule has 0 aromatic heterocycles. The first-order chi connectivity index (χ1) is 28.1. The average molecular weight is 813 g/mol. The van der Waals surface area contributed by atoms with Crippen molar-refractivity contribution in [3.63, 3.8) is 0 Å². The standard InChI is InChI=1S/C50H85NO7/c1-6-8-10-12-14-16-18-20-22-23-24-25-27-29-31-33-35-37-39-41-49(53)58-46(44-56-43-42-47(50(54)55)51(3,4)5)45-57-48(52)40-38-36-34-32-30-28-26-21-19-17-15-13-11-9-7-2/h8,10,14,16,20,22,24-25,29,31,35,37,46-47H,6-7,9,11-13,15,17-19,21,23,26-28,30,32-34,36,38-45H2,1-5H3/p+1/b10-8+,16-14+,22-20+,25-24+,31-29+,37-35+. The summed E-state index contributed by atoms with van der Waals surface area (Å²) in [5, 5.41) is 9.62. The first kappa shape index (κ1) is 54.8. The van der Waals surface area contributed by atoms with Crippen LogP contribution in [-0.4, -0.2) is 80.6 Å². The molecule has 8 nitrogen and oxygen atoms in total. The highest BCUT2D eigenvalue weighted by atomic mass is 16.6. The molecule has 1 N–H and O–H groups in total. The quantitative estimate of drug-likeness (QED) is 0.0285. The maximum absolute atomic E-state index is 12.7. The number of rotatable bonds is 40. The van der Waals surface area contributed by atoms with Crippen LogP contribution in [0, 0.1) is 0 Å². The van der Waals surface area contributed by atoms with Crippen LogP contribution in [0.5, 0.6) is 0 Å². The van der Waals surface area contributed by atoms with E-state index in [1.54, 1.807) is 0 Å². The zero-order valence-electron chi connectivity index (χ0n) is 37.7. The highest BCUT2D eigenvalue weighted by molar-refractivity contribution is 5.72. The molecule has 0 aliphatic rings. The normalized spacial score (nSPS) is 13.6. The van der Waals surface area contributed by atoms with Crippen LogP contribution in [0.15, 0.2) is 72.9 Å². The average Bonchev–Trinajstić information content (AvgIpc) is 3.18. The number of hydrogen-bond donors (Lipinski definition) is 1. The maximum Gasteiger partial charge on any atom is 0.362 e. The van der Waals surface area contributed by atoms with E-state index in [-0.39, 0.29) is 42.7 Å². The van der Waals surface area contributed by atoms with Gasteiger partial charge >= 0.3 is 17.9 Å². The van der Waals surface area contributed by atoms with Crippen LogP contribution in [0.2, 0.25) is 0 Å². The fourth-order valence-electron chi connectivity index (χ4n) is 6.35. The van der Waals surface area contributed by atoms with Gasteiger partial charge in [0.05, 0.1) is 34.4 Å². The van der Waals surface area contributed by atoms with Gasteiger partial charge in [0, 0.05) is 19.3 Å². The van der Waals surface area contributed by atoms with Crippen molar-refractivity contribution < 1.29 is 38.2 Å². The van der Waals surface area contributed by atoms with E-state index in [0.717, 1.165) is 57.8 Å². The number of likely N-dealkylation sites (N-methyl/N-ethyl adjacent to an activating group) is 1. The monoisotopic (exact) mass is 813 g/mol. The number of ether oxygens (including phenoxy) is 3. The van der Waals surface area contributed by atoms with Crippen LogP contribution in [0.3, 0.4) is 0 Å². The molecule has 0 saturated heterocycles. The highest BCUT2D eigenvalue weighted by Crippen LogP contribution is 2.14. The Morgan fingerprint density at radius 3 is 1.40 bits per heavy atom. The van der Waals surface area contributed by atoms with Gasteiger partial charge in [0.15, 0.2) is 12.1 Å². The minimum Gasteiger partial charge on any atom is -0.477 e. The second kappa shape index (κ2) is 40.5. The minimum absolute atomic E-state index is 0.0291. The van der Waals surface area contributed by atoms with E-state index in [2.05, 4.69) is 74.6 Å². The van der Waals surface area contributed by atoms with E-state index in [1.807, 2.05) is 33.3 Å². The molecule has 0 amide bonds. The number of nitrogens with zero attached hydrogens (tertiary/aromatic N) is 1. The number of esters is 2. The van der Waals surface area contributed by atoms with Crippen molar-refractivity contribution in [3.05, 3.63) is 72.9 Å². The largest absolute Gasteiger partial charge is 0.477 e. The van der Waals surface area contributed by atoms with Crippen LogP contribution in [-0.2, 0) is 28.6 Å². The van der Waals surface area contributed by atoms with Gasteiger partial charge in [0.25, 0.3) is 0 Å². The third-order valence-corrected chi connectivity index (χ3v) is 9.88. The number of carboxylic acids is 1. The summed E-state index contributed by atoms with van der Waals surface area (Å²) in [6.45, 7) is 4.54. The summed E-state index contributed by atoms with van der Waals surface area (Å²) >= 11 is 0. The molecule has 8 heteroatoms. The molecule has 2 unspecified atom stereocenters. The number of hydrogen-bond acceptors (Lipinski definition) is 6. The summed E-state index contributed by atoms with van der Waals surface area (Å²) in [5.74, 6) is -1.58. The van der Waals surface area contributed by atoms with Gasteiger partial charge in [-0.3, -0.25) is 9.59 Å².